The highest BCUT2D eigenvalue weighted by Crippen LogP contribution is 2.27. The fourth-order valence-electron chi connectivity index (χ4n) is 3.62. The van der Waals surface area contributed by atoms with Crippen LogP contribution < -0.4 is 10.6 Å². The topological polar surface area (TPSA) is 64.8 Å². The first-order valence-corrected chi connectivity index (χ1v) is 10.8. The summed E-state index contributed by atoms with van der Waals surface area (Å²) in [4.78, 5) is 19.9. The molecule has 1 atom stereocenters. The first-order valence-electron chi connectivity index (χ1n) is 10.8. The Morgan fingerprint density at radius 1 is 1.17 bits per heavy atom. The highest BCUT2D eigenvalue weighted by Gasteiger charge is 2.20. The summed E-state index contributed by atoms with van der Waals surface area (Å²) in [5.41, 5.74) is 0.844. The number of nitrogens with two attached hydrogens (primary N) is 1. The summed E-state index contributed by atoms with van der Waals surface area (Å²) in [6, 6.07) is 7.89. The van der Waals surface area contributed by atoms with Crippen molar-refractivity contribution in [2.45, 2.75) is 59.8 Å². The van der Waals surface area contributed by atoms with Crippen LogP contribution in [0.15, 0.2) is 36.1 Å². The minimum absolute atomic E-state index is 0.0812. The van der Waals surface area contributed by atoms with E-state index in [2.05, 4.69) is 4.90 Å². The second-order valence-corrected chi connectivity index (χ2v) is 9.19. The number of likely N-dealkylation sites (tertiary alicyclic amines) is 1. The fraction of sp³-hybridized carbons (Fsp3) is 0.625. The van der Waals surface area contributed by atoms with Crippen LogP contribution in [0.3, 0.4) is 0 Å². The van der Waals surface area contributed by atoms with Crippen LogP contribution in [0.2, 0.25) is 0 Å². The van der Waals surface area contributed by atoms with Gasteiger partial charge >= 0.3 is 0 Å². The first kappa shape index (κ1) is 23.4. The maximum Gasteiger partial charge on any atom is 0.137 e. The Bertz CT molecular complexity index is 656. The molecule has 0 spiro atoms. The number of carbonyl (C=O) groups is 1. The summed E-state index contributed by atoms with van der Waals surface area (Å²) in [7, 11) is 0. The van der Waals surface area contributed by atoms with Crippen LogP contribution in [0.1, 0.15) is 58.9 Å². The summed E-state index contributed by atoms with van der Waals surface area (Å²) in [5, 5.41) is 0. The predicted molar refractivity (Wildman–Crippen MR) is 118 cm³/mol. The van der Waals surface area contributed by atoms with Gasteiger partial charge in [0.05, 0.1) is 0 Å². The van der Waals surface area contributed by atoms with Gasteiger partial charge < -0.3 is 9.57 Å². The van der Waals surface area contributed by atoms with Gasteiger partial charge in [-0.1, -0.05) is 46.2 Å². The molecule has 1 aromatic carbocycles. The number of rotatable bonds is 10. The van der Waals surface area contributed by atoms with Crippen molar-refractivity contribution in [3.63, 3.8) is 0 Å². The van der Waals surface area contributed by atoms with Crippen molar-refractivity contribution in [1.82, 2.24) is 4.90 Å². The van der Waals surface area contributed by atoms with Crippen molar-refractivity contribution in [2.24, 2.45) is 17.2 Å². The zero-order chi connectivity index (χ0) is 21.3. The number of piperidine rings is 1. The van der Waals surface area contributed by atoms with Crippen LogP contribution >= 0.6 is 0 Å². The van der Waals surface area contributed by atoms with Crippen molar-refractivity contribution in [3.8, 4) is 5.75 Å². The summed E-state index contributed by atoms with van der Waals surface area (Å²) >= 11 is 0. The minimum atomic E-state index is -0.171. The van der Waals surface area contributed by atoms with Gasteiger partial charge in [0.15, 0.2) is 0 Å². The zero-order valence-electron chi connectivity index (χ0n) is 18.6. The van der Waals surface area contributed by atoms with E-state index in [4.69, 9.17) is 15.5 Å². The van der Waals surface area contributed by atoms with Crippen LogP contribution in [0.25, 0.3) is 0 Å². The molecule has 0 aromatic heterocycles. The highest BCUT2D eigenvalue weighted by atomic mass is 16.6. The molecular formula is C24H38N2O3. The van der Waals surface area contributed by atoms with Gasteiger partial charge in [0, 0.05) is 24.8 Å². The number of ketones is 1. The molecule has 0 amide bonds. The Labute approximate surface area is 176 Å². The van der Waals surface area contributed by atoms with E-state index in [0.29, 0.717) is 25.2 Å². The lowest BCUT2D eigenvalue weighted by atomic mass is 9.90. The van der Waals surface area contributed by atoms with E-state index in [9.17, 15) is 4.79 Å². The lowest BCUT2D eigenvalue weighted by Gasteiger charge is -2.26. The normalized spacial score (nSPS) is 17.1. The summed E-state index contributed by atoms with van der Waals surface area (Å²) in [6.45, 7) is 12.2. The Morgan fingerprint density at radius 2 is 1.83 bits per heavy atom. The Morgan fingerprint density at radius 3 is 2.41 bits per heavy atom. The largest absolute Gasteiger partial charge is 0.492 e. The monoisotopic (exact) mass is 402 g/mol. The van der Waals surface area contributed by atoms with E-state index in [-0.39, 0.29) is 17.1 Å². The molecule has 1 saturated heterocycles. The van der Waals surface area contributed by atoms with Crippen molar-refractivity contribution in [1.29, 1.82) is 0 Å². The highest BCUT2D eigenvalue weighted by molar-refractivity contribution is 5.81. The average Bonchev–Trinajstić information content (AvgIpc) is 2.67. The van der Waals surface area contributed by atoms with Crippen LogP contribution in [0.4, 0.5) is 0 Å². The second kappa shape index (κ2) is 11.4. The number of hydrogen-bond acceptors (Lipinski definition) is 5. The molecule has 1 aliphatic heterocycles. The molecule has 1 aliphatic rings. The Kier molecular flexibility index (Phi) is 9.18. The zero-order valence-corrected chi connectivity index (χ0v) is 18.6. The Balaban J connectivity index is 1.76. The lowest BCUT2D eigenvalue weighted by Crippen LogP contribution is -2.33. The quantitative estimate of drug-likeness (QED) is 0.461. The molecule has 1 unspecified atom stereocenters. The number of allylic oxidation sites excluding steroid dienone is 2. The van der Waals surface area contributed by atoms with Gasteiger partial charge in [-0.15, -0.1) is 0 Å². The second-order valence-electron chi connectivity index (χ2n) is 9.19. The van der Waals surface area contributed by atoms with Crippen molar-refractivity contribution in [2.75, 3.05) is 26.2 Å². The van der Waals surface area contributed by atoms with E-state index >= 15 is 0 Å². The smallest absolute Gasteiger partial charge is 0.137 e. The van der Waals surface area contributed by atoms with Gasteiger partial charge in [0.1, 0.15) is 23.9 Å². The number of carbonyl (C=O) groups excluding carboxylic acids is 1. The number of Topliss-reactive ketones (excluding diaryl/α,β-unsaturated/α-hetero) is 1. The maximum atomic E-state index is 12.4. The van der Waals surface area contributed by atoms with Crippen LogP contribution in [-0.4, -0.2) is 36.9 Å². The van der Waals surface area contributed by atoms with Crippen LogP contribution in [0, 0.1) is 11.3 Å². The summed E-state index contributed by atoms with van der Waals surface area (Å²) in [5.74, 6) is 7.25. The van der Waals surface area contributed by atoms with Crippen molar-refractivity contribution in [3.05, 3.63) is 41.7 Å². The first-order chi connectivity index (χ1) is 13.8. The van der Waals surface area contributed by atoms with E-state index in [1.54, 1.807) is 0 Å². The molecule has 2 rings (SSSR count). The summed E-state index contributed by atoms with van der Waals surface area (Å²) < 4.78 is 5.86. The van der Waals surface area contributed by atoms with Crippen molar-refractivity contribution >= 4 is 5.78 Å². The third-order valence-electron chi connectivity index (χ3n) is 5.30. The number of ether oxygens (including phenoxy) is 1. The van der Waals surface area contributed by atoms with Gasteiger partial charge in [-0.3, -0.25) is 9.69 Å². The van der Waals surface area contributed by atoms with Gasteiger partial charge in [-0.25, -0.2) is 0 Å². The fourth-order valence-corrected chi connectivity index (χ4v) is 3.62. The van der Waals surface area contributed by atoms with Crippen molar-refractivity contribution < 1.29 is 14.4 Å². The SMILES string of the molecule is CC(/C=C(\ON)C(C)(C)C)CC(=O)Cc1ccc(OCCN2CCCCC2)cc1. The van der Waals surface area contributed by atoms with E-state index < -0.39 is 0 Å². The summed E-state index contributed by atoms with van der Waals surface area (Å²) in [6.07, 6.45) is 6.81. The molecule has 1 fully saturated rings. The Hall–Kier alpha value is -1.85. The molecule has 162 valence electrons. The molecule has 5 heteroatoms. The van der Waals surface area contributed by atoms with Gasteiger partial charge in [-0.05, 0) is 55.6 Å². The van der Waals surface area contributed by atoms with E-state index in [1.807, 2.05) is 58.0 Å². The van der Waals surface area contributed by atoms with Crippen LogP contribution in [-0.2, 0) is 16.1 Å². The average molecular weight is 403 g/mol. The van der Waals surface area contributed by atoms with Crippen LogP contribution in [0.5, 0.6) is 5.75 Å². The molecule has 0 saturated carbocycles. The minimum Gasteiger partial charge on any atom is -0.492 e. The molecule has 1 heterocycles. The number of benzene rings is 1. The standard InChI is InChI=1S/C24H38N2O3/c1-19(17-23(29-25)24(2,3)4)16-21(27)18-20-8-10-22(11-9-20)28-15-14-26-12-6-5-7-13-26/h8-11,17,19H,5-7,12-16,18,25H2,1-4H3/b23-17-. The van der Waals surface area contributed by atoms with Gasteiger partial charge in [-0.2, -0.15) is 5.90 Å². The molecule has 5 nitrogen and oxygen atoms in total. The molecule has 0 aliphatic carbocycles. The van der Waals surface area contributed by atoms with Gasteiger partial charge in [0.2, 0.25) is 0 Å². The molecule has 2 N–H and O–H groups in total. The maximum absolute atomic E-state index is 12.4. The molecular weight excluding hydrogens is 364 g/mol. The van der Waals surface area contributed by atoms with E-state index in [0.717, 1.165) is 17.9 Å². The van der Waals surface area contributed by atoms with E-state index in [1.165, 1.54) is 32.4 Å². The number of hydrogen-bond donors (Lipinski definition) is 1. The molecule has 0 radical (unpaired) electrons. The lowest BCUT2D eigenvalue weighted by molar-refractivity contribution is -0.118. The predicted octanol–water partition coefficient (Wildman–Crippen LogP) is 4.51. The third-order valence-corrected chi connectivity index (χ3v) is 5.30. The number of nitrogens with zero attached hydrogens (tertiary/aromatic N) is 1. The third kappa shape index (κ3) is 8.58. The molecule has 0 bridgehead atoms. The molecule has 1 aromatic rings. The van der Waals surface area contributed by atoms with Gasteiger partial charge in [0.25, 0.3) is 0 Å². The molecule has 29 heavy (non-hydrogen) atoms.